The van der Waals surface area contributed by atoms with Gasteiger partial charge in [0.2, 0.25) is 0 Å². The zero-order chi connectivity index (χ0) is 20.1. The largest absolute Gasteiger partial charge is 0.477 e. The molecule has 0 bridgehead atoms. The average molecular weight is 399 g/mol. The Kier molecular flexibility index (Phi) is 10.5. The minimum Gasteiger partial charge on any atom is -0.477 e. The first-order valence-corrected chi connectivity index (χ1v) is 11.3. The molecule has 2 heterocycles. The lowest BCUT2D eigenvalue weighted by Crippen LogP contribution is -2.40. The van der Waals surface area contributed by atoms with Gasteiger partial charge in [-0.15, -0.1) is 0 Å². The fraction of sp³-hybridized carbons (Fsp3) is 0.864. The van der Waals surface area contributed by atoms with E-state index >= 15 is 0 Å². The number of rotatable bonds is 19. The van der Waals surface area contributed by atoms with Gasteiger partial charge in [-0.25, -0.2) is 4.79 Å². The summed E-state index contributed by atoms with van der Waals surface area (Å²) in [6, 6.07) is 0. The highest BCUT2D eigenvalue weighted by atomic mass is 17.5. The van der Waals surface area contributed by atoms with Crippen LogP contribution in [0.5, 0.6) is 0 Å². The molecule has 0 aromatic heterocycles. The van der Waals surface area contributed by atoms with Crippen LogP contribution in [-0.2, 0) is 24.3 Å². The molecule has 6 nitrogen and oxygen atoms in total. The van der Waals surface area contributed by atoms with Gasteiger partial charge in [-0.3, -0.25) is 0 Å². The molecule has 6 heteroatoms. The van der Waals surface area contributed by atoms with Crippen molar-refractivity contribution < 1.29 is 29.5 Å². The van der Waals surface area contributed by atoms with Crippen molar-refractivity contribution in [3.05, 3.63) is 12.2 Å². The number of allylic oxidation sites excluding steroid dienone is 2. The van der Waals surface area contributed by atoms with Crippen LogP contribution in [-0.4, -0.2) is 22.7 Å². The van der Waals surface area contributed by atoms with Crippen molar-refractivity contribution >= 4 is 5.97 Å². The van der Waals surface area contributed by atoms with Gasteiger partial charge in [0, 0.05) is 6.42 Å². The summed E-state index contributed by atoms with van der Waals surface area (Å²) in [6.07, 6.45) is 23.9. The van der Waals surface area contributed by atoms with E-state index in [-0.39, 0.29) is 0 Å². The number of unbranched alkanes of at least 4 members (excludes halogenated alkanes) is 13. The van der Waals surface area contributed by atoms with Crippen LogP contribution in [0.3, 0.4) is 0 Å². The Morgan fingerprint density at radius 3 is 1.61 bits per heavy atom. The van der Waals surface area contributed by atoms with Gasteiger partial charge in [-0.1, -0.05) is 83.3 Å². The van der Waals surface area contributed by atoms with Crippen molar-refractivity contribution in [2.45, 2.75) is 121 Å². The molecule has 1 N–H and O–H groups in total. The molecule has 0 aromatic carbocycles. The average Bonchev–Trinajstić information content (AvgIpc) is 3.58. The first-order valence-electron chi connectivity index (χ1n) is 11.3. The van der Waals surface area contributed by atoms with Crippen molar-refractivity contribution in [1.29, 1.82) is 0 Å². The maximum Gasteiger partial charge on any atom is 0.386 e. The minimum atomic E-state index is -1.74. The molecule has 2 rings (SSSR count). The monoisotopic (exact) mass is 398 g/mol. The second kappa shape index (κ2) is 12.6. The lowest BCUT2D eigenvalue weighted by molar-refractivity contribution is -0.148. The Morgan fingerprint density at radius 1 is 0.714 bits per heavy atom. The fourth-order valence-electron chi connectivity index (χ4n) is 3.59. The van der Waals surface area contributed by atoms with E-state index in [9.17, 15) is 4.79 Å². The SMILES string of the molecule is CCCCCCCC/C=C\CCCCCCCCCC1(C2(C(=O)O)OO2)OO1. The highest BCUT2D eigenvalue weighted by Crippen LogP contribution is 2.54. The van der Waals surface area contributed by atoms with Crippen LogP contribution in [0.2, 0.25) is 0 Å². The van der Waals surface area contributed by atoms with Crippen molar-refractivity contribution in [3.63, 3.8) is 0 Å². The normalized spacial score (nSPS) is 19.2. The second-order valence-electron chi connectivity index (χ2n) is 8.05. The summed E-state index contributed by atoms with van der Waals surface area (Å²) in [7, 11) is 0. The van der Waals surface area contributed by atoms with Crippen molar-refractivity contribution in [1.82, 2.24) is 0 Å². The van der Waals surface area contributed by atoms with Gasteiger partial charge in [0.1, 0.15) is 0 Å². The molecule has 0 aliphatic carbocycles. The molecule has 2 aliphatic rings. The van der Waals surface area contributed by atoms with Crippen LogP contribution in [0.4, 0.5) is 0 Å². The molecule has 0 atom stereocenters. The Labute approximate surface area is 169 Å². The quantitative estimate of drug-likeness (QED) is 0.120. The number of hydrogen-bond donors (Lipinski definition) is 1. The van der Waals surface area contributed by atoms with E-state index in [2.05, 4.69) is 28.9 Å². The van der Waals surface area contributed by atoms with Crippen LogP contribution in [0.25, 0.3) is 0 Å². The smallest absolute Gasteiger partial charge is 0.386 e. The van der Waals surface area contributed by atoms with Gasteiger partial charge in [0.25, 0.3) is 0 Å². The summed E-state index contributed by atoms with van der Waals surface area (Å²) in [6.45, 7) is 2.26. The Balaban J connectivity index is 1.32. The summed E-state index contributed by atoms with van der Waals surface area (Å²) in [5.74, 6) is -4.18. The Bertz CT molecular complexity index is 468. The number of aliphatic carboxylic acids is 1. The van der Waals surface area contributed by atoms with E-state index in [1.54, 1.807) is 0 Å². The third kappa shape index (κ3) is 7.47. The number of carboxylic acids is 1. The van der Waals surface area contributed by atoms with Gasteiger partial charge in [-0.2, -0.15) is 19.6 Å². The fourth-order valence-corrected chi connectivity index (χ4v) is 3.59. The standard InChI is InChI=1S/C22H38O6/c1-2-3-4-5-6-7-8-9-10-11-12-13-14-15-16-17-18-19-21(25-26-21)22(20(23)24)27-28-22/h9-10H,2-8,11-19H2,1H3,(H,23,24)/b10-9-. The molecular weight excluding hydrogens is 360 g/mol. The predicted octanol–water partition coefficient (Wildman–Crippen LogP) is 6.20. The van der Waals surface area contributed by atoms with Crippen LogP contribution < -0.4 is 0 Å². The zero-order valence-corrected chi connectivity index (χ0v) is 17.5. The molecule has 2 fully saturated rings. The molecule has 28 heavy (non-hydrogen) atoms. The molecule has 2 saturated heterocycles. The summed E-state index contributed by atoms with van der Waals surface area (Å²) in [5, 5.41) is 9.11. The maximum atomic E-state index is 11.1. The summed E-state index contributed by atoms with van der Waals surface area (Å²) < 4.78 is 0. The molecule has 0 radical (unpaired) electrons. The first-order chi connectivity index (χ1) is 13.7. The maximum absolute atomic E-state index is 11.1. The van der Waals surface area contributed by atoms with Crippen LogP contribution >= 0.6 is 0 Å². The Morgan fingerprint density at radius 2 is 1.18 bits per heavy atom. The van der Waals surface area contributed by atoms with Crippen molar-refractivity contribution in [2.24, 2.45) is 0 Å². The van der Waals surface area contributed by atoms with Gasteiger partial charge >= 0.3 is 17.5 Å². The Hall–Kier alpha value is -0.950. The van der Waals surface area contributed by atoms with E-state index in [1.807, 2.05) is 0 Å². The molecule has 0 spiro atoms. The molecule has 2 aliphatic heterocycles. The van der Waals surface area contributed by atoms with Crippen molar-refractivity contribution in [3.8, 4) is 0 Å². The number of hydrogen-bond acceptors (Lipinski definition) is 5. The number of carboxylic acid groups (broad SMARTS) is 1. The highest BCUT2D eigenvalue weighted by molar-refractivity contribution is 5.78. The van der Waals surface area contributed by atoms with Gasteiger partial charge in [0.15, 0.2) is 0 Å². The summed E-state index contributed by atoms with van der Waals surface area (Å²) in [5.41, 5.74) is 0. The lowest BCUT2D eigenvalue weighted by atomic mass is 10.00. The van der Waals surface area contributed by atoms with E-state index in [0.717, 1.165) is 19.3 Å². The van der Waals surface area contributed by atoms with Gasteiger partial charge in [0.05, 0.1) is 0 Å². The molecular formula is C22H38O6. The van der Waals surface area contributed by atoms with Gasteiger partial charge < -0.3 is 5.11 Å². The third-order valence-corrected chi connectivity index (χ3v) is 5.59. The number of carbonyl (C=O) groups is 1. The highest BCUT2D eigenvalue weighted by Gasteiger charge is 2.82. The predicted molar refractivity (Wildman–Crippen MR) is 106 cm³/mol. The van der Waals surface area contributed by atoms with Crippen LogP contribution in [0.15, 0.2) is 12.2 Å². The molecule has 0 aromatic rings. The van der Waals surface area contributed by atoms with Crippen molar-refractivity contribution in [2.75, 3.05) is 0 Å². The topological polar surface area (TPSA) is 87.4 Å². The molecule has 0 amide bonds. The third-order valence-electron chi connectivity index (χ3n) is 5.59. The summed E-state index contributed by atoms with van der Waals surface area (Å²) in [4.78, 5) is 30.1. The summed E-state index contributed by atoms with van der Waals surface area (Å²) >= 11 is 0. The second-order valence-corrected chi connectivity index (χ2v) is 8.05. The van der Waals surface area contributed by atoms with E-state index < -0.39 is 17.5 Å². The zero-order valence-electron chi connectivity index (χ0n) is 17.5. The van der Waals surface area contributed by atoms with E-state index in [4.69, 9.17) is 14.9 Å². The molecule has 0 saturated carbocycles. The van der Waals surface area contributed by atoms with Gasteiger partial charge in [-0.05, 0) is 32.1 Å². The van der Waals surface area contributed by atoms with Crippen LogP contribution in [0.1, 0.15) is 110 Å². The first kappa shape index (κ1) is 23.3. The van der Waals surface area contributed by atoms with Crippen LogP contribution in [0, 0.1) is 0 Å². The van der Waals surface area contributed by atoms with E-state index in [1.165, 1.54) is 77.0 Å². The van der Waals surface area contributed by atoms with E-state index in [0.29, 0.717) is 6.42 Å². The molecule has 0 unspecified atom stereocenters. The minimum absolute atomic E-state index is 0.475. The lowest BCUT2D eigenvalue weighted by Gasteiger charge is -2.07. The molecule has 162 valence electrons.